The summed E-state index contributed by atoms with van der Waals surface area (Å²) in [6.45, 7) is 5.04. The first-order valence-corrected chi connectivity index (χ1v) is 11.8. The molecule has 0 aliphatic heterocycles. The van der Waals surface area contributed by atoms with Crippen molar-refractivity contribution < 1.29 is 35.9 Å². The van der Waals surface area contributed by atoms with Gasteiger partial charge in [0, 0.05) is 18.3 Å². The number of hydrogen-bond donors (Lipinski definition) is 3. The highest BCUT2D eigenvalue weighted by Gasteiger charge is 2.38. The second kappa shape index (κ2) is 11.8. The van der Waals surface area contributed by atoms with Gasteiger partial charge < -0.3 is 10.4 Å². The number of carboxylic acid groups (broad SMARTS) is 1. The summed E-state index contributed by atoms with van der Waals surface area (Å²) >= 11 is 0. The van der Waals surface area contributed by atoms with Crippen LogP contribution in [0.5, 0.6) is 0 Å². The number of nitrogens with one attached hydrogen (secondary N) is 2. The van der Waals surface area contributed by atoms with Crippen molar-refractivity contribution in [2.75, 3.05) is 4.72 Å². The van der Waals surface area contributed by atoms with Crippen LogP contribution in [0, 0.1) is 5.82 Å². The van der Waals surface area contributed by atoms with E-state index in [1.807, 2.05) is 12.1 Å². The molecule has 3 aromatic carbocycles. The number of hydrogen-bond acceptors (Lipinski definition) is 4. The number of rotatable bonds is 7. The smallest absolute Gasteiger partial charge is 0.475 e. The standard InChI is InChI=1S/C22H23FN2O2S.C2HF3O2/c1-16(2)24-15-17-3-5-18(6-4-17)19-7-11-21(12-8-19)25-28(26,27)22-13-9-20(23)10-14-22;3-2(4,5)1(6)7/h3-14,16,24-25H,15H2,1-2H3;(H,6,7). The molecule has 0 radical (unpaired) electrons. The molecule has 3 rings (SSSR count). The first-order valence-electron chi connectivity index (χ1n) is 10.3. The number of carboxylic acids is 1. The summed E-state index contributed by atoms with van der Waals surface area (Å²) in [5.74, 6) is -3.23. The highest BCUT2D eigenvalue weighted by atomic mass is 32.2. The van der Waals surface area contributed by atoms with Gasteiger partial charge in [-0.05, 0) is 53.1 Å². The Bertz CT molecular complexity index is 1210. The maximum Gasteiger partial charge on any atom is 0.490 e. The fourth-order valence-electron chi connectivity index (χ4n) is 2.70. The van der Waals surface area contributed by atoms with E-state index in [2.05, 4.69) is 48.2 Å². The maximum atomic E-state index is 13.0. The maximum absolute atomic E-state index is 13.0. The Morgan fingerprint density at radius 1 is 0.886 bits per heavy atom. The van der Waals surface area contributed by atoms with E-state index < -0.39 is 28.0 Å². The number of carbonyl (C=O) groups is 1. The summed E-state index contributed by atoms with van der Waals surface area (Å²) in [6, 6.07) is 20.6. The number of halogens is 4. The third kappa shape index (κ3) is 9.02. The van der Waals surface area contributed by atoms with Crippen LogP contribution in [0.15, 0.2) is 77.7 Å². The molecule has 0 aliphatic carbocycles. The van der Waals surface area contributed by atoms with Gasteiger partial charge in [-0.25, -0.2) is 17.6 Å². The predicted octanol–water partition coefficient (Wildman–Crippen LogP) is 5.42. The van der Waals surface area contributed by atoms with E-state index in [9.17, 15) is 26.0 Å². The number of sulfonamides is 1. The van der Waals surface area contributed by atoms with Crippen molar-refractivity contribution in [3.8, 4) is 11.1 Å². The van der Waals surface area contributed by atoms with Crippen LogP contribution < -0.4 is 10.0 Å². The van der Waals surface area contributed by atoms with E-state index in [0.29, 0.717) is 11.7 Å². The van der Waals surface area contributed by atoms with Crippen LogP contribution in [0.4, 0.5) is 23.2 Å². The number of anilines is 1. The molecule has 0 saturated carbocycles. The molecule has 6 nitrogen and oxygen atoms in total. The molecule has 0 aromatic heterocycles. The zero-order valence-corrected chi connectivity index (χ0v) is 19.6. The average molecular weight is 513 g/mol. The molecular formula is C24H24F4N2O4S. The first kappa shape index (κ1) is 27.8. The lowest BCUT2D eigenvalue weighted by Crippen LogP contribution is -2.21. The van der Waals surface area contributed by atoms with Crippen molar-refractivity contribution in [3.05, 3.63) is 84.2 Å². The molecule has 0 atom stereocenters. The van der Waals surface area contributed by atoms with Gasteiger partial charge in [-0.3, -0.25) is 4.72 Å². The topological polar surface area (TPSA) is 95.5 Å². The zero-order valence-electron chi connectivity index (χ0n) is 18.8. The normalized spacial score (nSPS) is 11.5. The third-order valence-corrected chi connectivity index (χ3v) is 5.90. The van der Waals surface area contributed by atoms with Crippen LogP contribution in [0.1, 0.15) is 19.4 Å². The highest BCUT2D eigenvalue weighted by molar-refractivity contribution is 7.92. The van der Waals surface area contributed by atoms with E-state index in [1.54, 1.807) is 12.1 Å². The fraction of sp³-hybridized carbons (Fsp3) is 0.208. The Hall–Kier alpha value is -3.44. The minimum absolute atomic E-state index is 0.0172. The van der Waals surface area contributed by atoms with Gasteiger partial charge in [-0.15, -0.1) is 0 Å². The zero-order chi connectivity index (χ0) is 26.2. The second-order valence-corrected chi connectivity index (χ2v) is 9.35. The van der Waals surface area contributed by atoms with Crippen LogP contribution >= 0.6 is 0 Å². The van der Waals surface area contributed by atoms with Crippen molar-refractivity contribution in [2.24, 2.45) is 0 Å². The summed E-state index contributed by atoms with van der Waals surface area (Å²) in [7, 11) is -3.75. The SMILES string of the molecule is CC(C)NCc1ccc(-c2ccc(NS(=O)(=O)c3ccc(F)cc3)cc2)cc1.O=C(O)C(F)(F)F. The highest BCUT2D eigenvalue weighted by Crippen LogP contribution is 2.23. The van der Waals surface area contributed by atoms with E-state index in [0.717, 1.165) is 29.8 Å². The minimum atomic E-state index is -5.08. The van der Waals surface area contributed by atoms with E-state index in [1.165, 1.54) is 17.7 Å². The molecule has 0 amide bonds. The van der Waals surface area contributed by atoms with E-state index >= 15 is 0 Å². The lowest BCUT2D eigenvalue weighted by molar-refractivity contribution is -0.192. The van der Waals surface area contributed by atoms with Crippen LogP contribution in [-0.4, -0.2) is 31.7 Å². The van der Waals surface area contributed by atoms with Crippen molar-refractivity contribution >= 4 is 21.7 Å². The van der Waals surface area contributed by atoms with Crippen molar-refractivity contribution in [3.63, 3.8) is 0 Å². The van der Waals surface area contributed by atoms with E-state index in [-0.39, 0.29) is 4.90 Å². The summed E-state index contributed by atoms with van der Waals surface area (Å²) in [5.41, 5.74) is 3.71. The Morgan fingerprint density at radius 3 is 1.77 bits per heavy atom. The molecule has 0 bridgehead atoms. The van der Waals surface area contributed by atoms with E-state index in [4.69, 9.17) is 9.90 Å². The first-order chi connectivity index (χ1) is 16.3. The minimum Gasteiger partial charge on any atom is -0.475 e. The molecule has 0 aliphatic rings. The van der Waals surface area contributed by atoms with Gasteiger partial charge in [0.1, 0.15) is 5.82 Å². The van der Waals surface area contributed by atoms with Crippen molar-refractivity contribution in [1.82, 2.24) is 5.32 Å². The van der Waals surface area contributed by atoms with Crippen molar-refractivity contribution in [2.45, 2.75) is 37.5 Å². The molecule has 3 aromatic rings. The molecular weight excluding hydrogens is 488 g/mol. The molecule has 0 saturated heterocycles. The largest absolute Gasteiger partial charge is 0.490 e. The number of aliphatic carboxylic acids is 1. The third-order valence-electron chi connectivity index (χ3n) is 4.51. The molecule has 35 heavy (non-hydrogen) atoms. The Kier molecular flexibility index (Phi) is 9.38. The molecule has 0 unspecified atom stereocenters. The Labute approximate surface area is 200 Å². The summed E-state index contributed by atoms with van der Waals surface area (Å²) in [6.07, 6.45) is -5.08. The monoisotopic (exact) mass is 512 g/mol. The van der Waals surface area contributed by atoms with Gasteiger partial charge in [0.15, 0.2) is 0 Å². The Balaban J connectivity index is 0.000000540. The van der Waals surface area contributed by atoms with Crippen LogP contribution in [0.25, 0.3) is 11.1 Å². The van der Waals surface area contributed by atoms with Crippen molar-refractivity contribution in [1.29, 1.82) is 0 Å². The summed E-state index contributed by atoms with van der Waals surface area (Å²) < 4.78 is 72.0. The lowest BCUT2D eigenvalue weighted by atomic mass is 10.0. The van der Waals surface area contributed by atoms with Crippen LogP contribution in [0.3, 0.4) is 0 Å². The molecule has 0 heterocycles. The number of benzene rings is 3. The summed E-state index contributed by atoms with van der Waals surface area (Å²) in [4.78, 5) is 8.91. The summed E-state index contributed by atoms with van der Waals surface area (Å²) in [5, 5.41) is 10.5. The van der Waals surface area contributed by atoms with Gasteiger partial charge in [0.2, 0.25) is 0 Å². The van der Waals surface area contributed by atoms with Gasteiger partial charge in [0.25, 0.3) is 10.0 Å². The fourth-order valence-corrected chi connectivity index (χ4v) is 3.75. The Morgan fingerprint density at radius 2 is 1.34 bits per heavy atom. The quantitative estimate of drug-likeness (QED) is 0.367. The van der Waals surface area contributed by atoms with Gasteiger partial charge in [-0.2, -0.15) is 13.2 Å². The molecule has 11 heteroatoms. The van der Waals surface area contributed by atoms with Gasteiger partial charge in [0.05, 0.1) is 4.90 Å². The second-order valence-electron chi connectivity index (χ2n) is 7.67. The predicted molar refractivity (Wildman–Crippen MR) is 125 cm³/mol. The van der Waals surface area contributed by atoms with Crippen LogP contribution in [-0.2, 0) is 21.4 Å². The molecule has 0 spiro atoms. The van der Waals surface area contributed by atoms with Crippen LogP contribution in [0.2, 0.25) is 0 Å². The lowest BCUT2D eigenvalue weighted by Gasteiger charge is -2.10. The van der Waals surface area contributed by atoms with Gasteiger partial charge >= 0.3 is 12.1 Å². The molecule has 0 fully saturated rings. The van der Waals surface area contributed by atoms with Gasteiger partial charge in [-0.1, -0.05) is 50.2 Å². The number of alkyl halides is 3. The molecule has 188 valence electrons. The molecule has 3 N–H and O–H groups in total. The average Bonchev–Trinajstić information content (AvgIpc) is 2.78.